The van der Waals surface area contributed by atoms with E-state index in [0.29, 0.717) is 21.3 Å². The second-order valence-corrected chi connectivity index (χ2v) is 13.0. The van der Waals surface area contributed by atoms with Gasteiger partial charge in [0.05, 0.1) is 10.6 Å². The number of rotatable bonds is 11. The molecule has 0 unspecified atom stereocenters. The molecule has 1 atom stereocenters. The normalized spacial score (nSPS) is 11.9. The summed E-state index contributed by atoms with van der Waals surface area (Å²) >= 11 is 12.6. The lowest BCUT2D eigenvalue weighted by Crippen LogP contribution is -2.53. The number of amides is 2. The number of halogens is 2. The predicted molar refractivity (Wildman–Crippen MR) is 172 cm³/mol. The summed E-state index contributed by atoms with van der Waals surface area (Å²) in [6, 6.07) is 26.6. The number of hydrogen-bond acceptors (Lipinski definition) is 4. The molecule has 0 heterocycles. The average Bonchev–Trinajstić information content (AvgIpc) is 2.98. The number of nitrogens with one attached hydrogen (secondary N) is 1. The van der Waals surface area contributed by atoms with Gasteiger partial charge < -0.3 is 10.2 Å². The van der Waals surface area contributed by atoms with Gasteiger partial charge in [0.1, 0.15) is 12.6 Å². The van der Waals surface area contributed by atoms with Crippen molar-refractivity contribution in [1.29, 1.82) is 0 Å². The molecule has 10 heteroatoms. The van der Waals surface area contributed by atoms with E-state index in [1.54, 1.807) is 48.5 Å². The van der Waals surface area contributed by atoms with Crippen LogP contribution in [0, 0.1) is 13.8 Å². The summed E-state index contributed by atoms with van der Waals surface area (Å²) in [5.41, 5.74) is 3.42. The Labute approximate surface area is 263 Å². The topological polar surface area (TPSA) is 86.8 Å². The van der Waals surface area contributed by atoms with Gasteiger partial charge in [-0.2, -0.15) is 0 Å². The molecule has 0 saturated carbocycles. The summed E-state index contributed by atoms with van der Waals surface area (Å²) in [6.45, 7) is 3.13. The molecule has 0 aromatic heterocycles. The average molecular weight is 639 g/mol. The number of hydrogen-bond donors (Lipinski definition) is 1. The van der Waals surface area contributed by atoms with Crippen molar-refractivity contribution in [1.82, 2.24) is 10.2 Å². The zero-order valence-corrected chi connectivity index (χ0v) is 26.5. The molecule has 4 aromatic carbocycles. The lowest BCUT2D eigenvalue weighted by Gasteiger charge is -2.34. The summed E-state index contributed by atoms with van der Waals surface area (Å²) in [7, 11) is -2.67. The third-order valence-corrected chi connectivity index (χ3v) is 9.35. The number of aryl methyl sites for hydroxylation is 2. The van der Waals surface area contributed by atoms with E-state index in [4.69, 9.17) is 23.2 Å². The monoisotopic (exact) mass is 637 g/mol. The maximum atomic E-state index is 14.4. The maximum Gasteiger partial charge on any atom is 0.264 e. The fourth-order valence-corrected chi connectivity index (χ4v) is 6.78. The Bertz CT molecular complexity index is 1680. The smallest absolute Gasteiger partial charge is 0.264 e. The molecule has 224 valence electrons. The Morgan fingerprint density at radius 2 is 1.44 bits per heavy atom. The first-order valence-electron chi connectivity index (χ1n) is 13.6. The highest BCUT2D eigenvalue weighted by atomic mass is 35.5. The highest BCUT2D eigenvalue weighted by Crippen LogP contribution is 2.28. The minimum atomic E-state index is -4.17. The number of carbonyl (C=O) groups is 2. The van der Waals surface area contributed by atoms with Crippen molar-refractivity contribution in [3.63, 3.8) is 0 Å². The molecule has 43 heavy (non-hydrogen) atoms. The summed E-state index contributed by atoms with van der Waals surface area (Å²) in [4.78, 5) is 29.2. The van der Waals surface area contributed by atoms with E-state index in [1.165, 1.54) is 24.1 Å². The van der Waals surface area contributed by atoms with E-state index in [9.17, 15) is 18.0 Å². The van der Waals surface area contributed by atoms with Crippen molar-refractivity contribution >= 4 is 50.7 Å². The van der Waals surface area contributed by atoms with Crippen LogP contribution in [0.3, 0.4) is 0 Å². The van der Waals surface area contributed by atoms with Crippen molar-refractivity contribution in [3.05, 3.63) is 129 Å². The Kier molecular flexibility index (Phi) is 10.5. The number of likely N-dealkylation sites (N-methyl/N-ethyl adjacent to an activating group) is 1. The standard InChI is InChI=1S/C33H33Cl2N3O4S/c1-23-16-24(2)18-28(17-23)38(43(41,42)29-12-8-5-9-13-29)22-32(39)37(21-26-14-15-27(34)20-30(26)35)31(33(40)36-3)19-25-10-6-4-7-11-25/h4-18,20,31H,19,21-22H2,1-3H3,(H,36,40)/t31-/m1/s1. The quantitative estimate of drug-likeness (QED) is 0.212. The molecule has 0 spiro atoms. The molecule has 0 aliphatic carbocycles. The first-order valence-corrected chi connectivity index (χ1v) is 15.8. The van der Waals surface area contributed by atoms with Gasteiger partial charge >= 0.3 is 0 Å². The van der Waals surface area contributed by atoms with Gasteiger partial charge in [0, 0.05) is 30.1 Å². The van der Waals surface area contributed by atoms with Gasteiger partial charge in [-0.05, 0) is 72.5 Å². The highest BCUT2D eigenvalue weighted by molar-refractivity contribution is 7.92. The van der Waals surface area contributed by atoms with Crippen LogP contribution in [0.25, 0.3) is 0 Å². The molecule has 1 N–H and O–H groups in total. The zero-order chi connectivity index (χ0) is 31.1. The molecule has 7 nitrogen and oxygen atoms in total. The van der Waals surface area contributed by atoms with Crippen LogP contribution in [0.2, 0.25) is 10.0 Å². The van der Waals surface area contributed by atoms with E-state index < -0.39 is 34.4 Å². The van der Waals surface area contributed by atoms with Crippen LogP contribution >= 0.6 is 23.2 Å². The Morgan fingerprint density at radius 1 is 0.837 bits per heavy atom. The van der Waals surface area contributed by atoms with Crippen LogP contribution in [-0.4, -0.2) is 44.8 Å². The first kappa shape index (κ1) is 32.1. The van der Waals surface area contributed by atoms with Crippen molar-refractivity contribution in [2.75, 3.05) is 17.9 Å². The number of carbonyl (C=O) groups excluding carboxylic acids is 2. The maximum absolute atomic E-state index is 14.4. The number of nitrogens with zero attached hydrogens (tertiary/aromatic N) is 2. The van der Waals surface area contributed by atoms with Crippen LogP contribution in [0.1, 0.15) is 22.3 Å². The second kappa shape index (κ2) is 14.1. The minimum Gasteiger partial charge on any atom is -0.357 e. The molecule has 0 bridgehead atoms. The van der Waals surface area contributed by atoms with E-state index in [-0.39, 0.29) is 17.9 Å². The second-order valence-electron chi connectivity index (χ2n) is 10.2. The van der Waals surface area contributed by atoms with Gasteiger partial charge in [0.25, 0.3) is 10.0 Å². The van der Waals surface area contributed by atoms with Crippen molar-refractivity contribution in [2.45, 2.75) is 37.8 Å². The van der Waals surface area contributed by atoms with Crippen LogP contribution in [0.15, 0.2) is 102 Å². The predicted octanol–water partition coefficient (Wildman–Crippen LogP) is 6.19. The summed E-state index contributed by atoms with van der Waals surface area (Å²) in [5, 5.41) is 3.42. The Morgan fingerprint density at radius 3 is 2.02 bits per heavy atom. The minimum absolute atomic E-state index is 0.0430. The van der Waals surface area contributed by atoms with Crippen LogP contribution in [-0.2, 0) is 32.6 Å². The van der Waals surface area contributed by atoms with Gasteiger partial charge in [0.2, 0.25) is 11.8 Å². The SMILES string of the molecule is CNC(=O)[C@@H](Cc1ccccc1)N(Cc1ccc(Cl)cc1Cl)C(=O)CN(c1cc(C)cc(C)c1)S(=O)(=O)c1ccccc1. The number of benzene rings is 4. The number of sulfonamides is 1. The van der Waals surface area contributed by atoms with Gasteiger partial charge in [-0.3, -0.25) is 13.9 Å². The fourth-order valence-electron chi connectivity index (χ4n) is 4.90. The molecule has 0 fully saturated rings. The van der Waals surface area contributed by atoms with E-state index in [1.807, 2.05) is 50.2 Å². The number of anilines is 1. The largest absolute Gasteiger partial charge is 0.357 e. The van der Waals surface area contributed by atoms with E-state index in [2.05, 4.69) is 5.32 Å². The molecular formula is C33H33Cl2N3O4S. The van der Waals surface area contributed by atoms with Crippen LogP contribution in [0.5, 0.6) is 0 Å². The van der Waals surface area contributed by atoms with Crippen molar-refractivity contribution in [3.8, 4) is 0 Å². The molecule has 0 radical (unpaired) electrons. The van der Waals surface area contributed by atoms with Crippen molar-refractivity contribution < 1.29 is 18.0 Å². The molecule has 4 rings (SSSR count). The van der Waals surface area contributed by atoms with E-state index >= 15 is 0 Å². The molecule has 0 aliphatic rings. The summed E-state index contributed by atoms with van der Waals surface area (Å²) in [5.74, 6) is -0.972. The molecule has 4 aromatic rings. The summed E-state index contributed by atoms with van der Waals surface area (Å²) < 4.78 is 29.2. The lowest BCUT2D eigenvalue weighted by atomic mass is 10.0. The molecular weight excluding hydrogens is 605 g/mol. The van der Waals surface area contributed by atoms with E-state index in [0.717, 1.165) is 21.0 Å². The lowest BCUT2D eigenvalue weighted by molar-refractivity contribution is -0.139. The third-order valence-electron chi connectivity index (χ3n) is 6.98. The Hall–Kier alpha value is -3.85. The first-order chi connectivity index (χ1) is 20.5. The van der Waals surface area contributed by atoms with Gasteiger partial charge in [-0.15, -0.1) is 0 Å². The van der Waals surface area contributed by atoms with Crippen LogP contribution in [0.4, 0.5) is 5.69 Å². The third kappa shape index (κ3) is 7.96. The van der Waals surface area contributed by atoms with Gasteiger partial charge in [0.15, 0.2) is 0 Å². The van der Waals surface area contributed by atoms with Gasteiger partial charge in [-0.25, -0.2) is 8.42 Å². The molecule has 0 aliphatic heterocycles. The molecule has 2 amide bonds. The highest BCUT2D eigenvalue weighted by Gasteiger charge is 2.34. The van der Waals surface area contributed by atoms with Crippen LogP contribution < -0.4 is 9.62 Å². The zero-order valence-electron chi connectivity index (χ0n) is 24.1. The van der Waals surface area contributed by atoms with Gasteiger partial charge in [-0.1, -0.05) is 83.9 Å². The Balaban J connectivity index is 1.82. The fraction of sp³-hybridized carbons (Fsp3) is 0.212. The van der Waals surface area contributed by atoms with Crippen molar-refractivity contribution in [2.24, 2.45) is 0 Å². The molecule has 0 saturated heterocycles. The summed E-state index contributed by atoms with van der Waals surface area (Å²) in [6.07, 6.45) is 0.201.